The van der Waals surface area contributed by atoms with Crippen molar-refractivity contribution in [3.05, 3.63) is 93.4 Å². The van der Waals surface area contributed by atoms with Crippen LogP contribution in [0.5, 0.6) is 11.5 Å². The lowest BCUT2D eigenvalue weighted by Gasteiger charge is -2.22. The molecule has 0 radical (unpaired) electrons. The number of ether oxygens (including phenoxy) is 1. The van der Waals surface area contributed by atoms with Crippen LogP contribution in [-0.4, -0.2) is 11.1 Å². The Kier molecular flexibility index (Phi) is 3.43. The van der Waals surface area contributed by atoms with Crippen LogP contribution in [0.4, 0.5) is 0 Å². The fraction of sp³-hybridized carbons (Fsp3) is 0.0455. The SMILES string of the molecule is C=c1ccc2c(c1)Oc1cc(C)ccc1C=2c1ccccc1C(=O)O. The van der Waals surface area contributed by atoms with Gasteiger partial charge >= 0.3 is 5.97 Å². The van der Waals surface area contributed by atoms with Crippen molar-refractivity contribution in [1.29, 1.82) is 0 Å². The van der Waals surface area contributed by atoms with E-state index in [-0.39, 0.29) is 5.56 Å². The molecule has 0 saturated heterocycles. The molecule has 0 atom stereocenters. The maximum atomic E-state index is 11.7. The fourth-order valence-electron chi connectivity index (χ4n) is 3.22. The second-order valence-electron chi connectivity index (χ2n) is 6.16. The molecule has 122 valence electrons. The van der Waals surface area contributed by atoms with Crippen molar-refractivity contribution in [3.8, 4) is 11.5 Å². The maximum Gasteiger partial charge on any atom is 0.336 e. The molecule has 1 aliphatic heterocycles. The zero-order valence-electron chi connectivity index (χ0n) is 13.7. The number of aryl methyl sites for hydroxylation is 1. The first-order chi connectivity index (χ1) is 12.0. The topological polar surface area (TPSA) is 46.5 Å². The van der Waals surface area contributed by atoms with Crippen LogP contribution < -0.4 is 15.2 Å². The van der Waals surface area contributed by atoms with Gasteiger partial charge in [0.2, 0.25) is 0 Å². The van der Waals surface area contributed by atoms with Crippen LogP contribution in [0.15, 0.2) is 60.7 Å². The van der Waals surface area contributed by atoms with Crippen molar-refractivity contribution in [3.63, 3.8) is 0 Å². The summed E-state index contributed by atoms with van der Waals surface area (Å²) in [6.07, 6.45) is 0. The standard InChI is InChI=1S/C22H16O3/c1-13-7-9-17-19(11-13)25-20-12-14(2)8-10-18(20)21(17)15-5-3-4-6-16(15)22(23)24/h3-12H,1H2,2H3,(H,23,24). The van der Waals surface area contributed by atoms with Crippen molar-refractivity contribution in [1.82, 2.24) is 0 Å². The van der Waals surface area contributed by atoms with Crippen LogP contribution in [0.3, 0.4) is 0 Å². The van der Waals surface area contributed by atoms with Crippen LogP contribution in [0, 0.1) is 6.92 Å². The molecular weight excluding hydrogens is 312 g/mol. The minimum atomic E-state index is -0.946. The van der Waals surface area contributed by atoms with E-state index in [0.29, 0.717) is 11.3 Å². The van der Waals surface area contributed by atoms with Gasteiger partial charge in [0.25, 0.3) is 0 Å². The number of aromatic carboxylic acids is 1. The number of carbonyl (C=O) groups is 1. The molecule has 1 heterocycles. The fourth-order valence-corrected chi connectivity index (χ4v) is 3.22. The van der Waals surface area contributed by atoms with E-state index in [4.69, 9.17) is 4.74 Å². The van der Waals surface area contributed by atoms with Gasteiger partial charge in [-0.15, -0.1) is 0 Å². The van der Waals surface area contributed by atoms with E-state index < -0.39 is 5.97 Å². The van der Waals surface area contributed by atoms with E-state index >= 15 is 0 Å². The van der Waals surface area contributed by atoms with Crippen molar-refractivity contribution < 1.29 is 14.6 Å². The predicted octanol–water partition coefficient (Wildman–Crippen LogP) is 3.46. The largest absolute Gasteiger partial charge is 0.478 e. The van der Waals surface area contributed by atoms with Gasteiger partial charge in [-0.1, -0.05) is 49.0 Å². The van der Waals surface area contributed by atoms with E-state index in [1.165, 1.54) is 0 Å². The van der Waals surface area contributed by atoms with E-state index in [1.807, 2.05) is 55.5 Å². The summed E-state index contributed by atoms with van der Waals surface area (Å²) in [5.41, 5.74) is 3.80. The minimum absolute atomic E-state index is 0.274. The van der Waals surface area contributed by atoms with Gasteiger partial charge in [0.15, 0.2) is 0 Å². The molecule has 0 unspecified atom stereocenters. The molecule has 3 aromatic rings. The molecule has 1 aliphatic rings. The molecule has 25 heavy (non-hydrogen) atoms. The Morgan fingerprint density at radius 1 is 0.960 bits per heavy atom. The molecule has 0 saturated carbocycles. The Bertz CT molecular complexity index is 1130. The van der Waals surface area contributed by atoms with E-state index in [2.05, 4.69) is 6.58 Å². The Balaban J connectivity index is 2.16. The zero-order valence-corrected chi connectivity index (χ0v) is 13.7. The molecule has 3 heteroatoms. The zero-order chi connectivity index (χ0) is 17.6. The van der Waals surface area contributed by atoms with Crippen molar-refractivity contribution >= 4 is 18.1 Å². The molecule has 3 aromatic carbocycles. The number of fused-ring (bicyclic) bond motifs is 2. The minimum Gasteiger partial charge on any atom is -0.478 e. The molecule has 0 spiro atoms. The number of hydrogen-bond acceptors (Lipinski definition) is 2. The van der Waals surface area contributed by atoms with Crippen LogP contribution in [0.1, 0.15) is 27.0 Å². The average Bonchev–Trinajstić information content (AvgIpc) is 2.59. The normalized spacial score (nSPS) is 12.1. The third-order valence-electron chi connectivity index (χ3n) is 4.37. The number of rotatable bonds is 2. The summed E-state index contributed by atoms with van der Waals surface area (Å²) in [5, 5.41) is 11.3. The number of benzene rings is 3. The van der Waals surface area contributed by atoms with Gasteiger partial charge in [-0.3, -0.25) is 0 Å². The van der Waals surface area contributed by atoms with E-state index in [0.717, 1.165) is 32.9 Å². The Hall–Kier alpha value is -3.33. The average molecular weight is 328 g/mol. The lowest BCUT2D eigenvalue weighted by Crippen LogP contribution is -2.20. The van der Waals surface area contributed by atoms with E-state index in [1.54, 1.807) is 12.1 Å². The highest BCUT2D eigenvalue weighted by molar-refractivity contribution is 5.98. The highest BCUT2D eigenvalue weighted by Crippen LogP contribution is 2.37. The second-order valence-corrected chi connectivity index (χ2v) is 6.16. The first-order valence-electron chi connectivity index (χ1n) is 7.99. The smallest absolute Gasteiger partial charge is 0.336 e. The van der Waals surface area contributed by atoms with E-state index in [9.17, 15) is 9.90 Å². The Morgan fingerprint density at radius 2 is 1.76 bits per heavy atom. The molecule has 1 N–H and O–H groups in total. The molecule has 0 aliphatic carbocycles. The monoisotopic (exact) mass is 328 g/mol. The lowest BCUT2D eigenvalue weighted by molar-refractivity contribution is 0.0696. The third kappa shape index (κ3) is 2.50. The molecule has 0 fully saturated rings. The van der Waals surface area contributed by atoms with Gasteiger partial charge in [0.1, 0.15) is 11.5 Å². The van der Waals surface area contributed by atoms with Gasteiger partial charge in [-0.25, -0.2) is 4.79 Å². The van der Waals surface area contributed by atoms with Crippen molar-refractivity contribution in [2.24, 2.45) is 0 Å². The van der Waals surface area contributed by atoms with Gasteiger partial charge in [-0.05, 0) is 41.5 Å². The summed E-state index contributed by atoms with van der Waals surface area (Å²) in [7, 11) is 0. The highest BCUT2D eigenvalue weighted by atomic mass is 16.5. The summed E-state index contributed by atoms with van der Waals surface area (Å²) in [6.45, 7) is 5.96. The van der Waals surface area contributed by atoms with Crippen LogP contribution in [0.2, 0.25) is 0 Å². The lowest BCUT2D eigenvalue weighted by atomic mass is 9.89. The Labute approximate surface area is 145 Å². The number of hydrogen-bond donors (Lipinski definition) is 1. The summed E-state index contributed by atoms with van der Waals surface area (Å²) >= 11 is 0. The molecule has 0 aromatic heterocycles. The van der Waals surface area contributed by atoms with Gasteiger partial charge < -0.3 is 9.84 Å². The Morgan fingerprint density at radius 3 is 2.56 bits per heavy atom. The number of carboxylic acid groups (broad SMARTS) is 1. The van der Waals surface area contributed by atoms with Crippen LogP contribution in [0.25, 0.3) is 12.2 Å². The maximum absolute atomic E-state index is 11.7. The van der Waals surface area contributed by atoms with Crippen LogP contribution in [-0.2, 0) is 0 Å². The summed E-state index contributed by atoms with van der Waals surface area (Å²) < 4.78 is 6.08. The van der Waals surface area contributed by atoms with Crippen LogP contribution >= 0.6 is 0 Å². The molecule has 0 bridgehead atoms. The predicted molar refractivity (Wildman–Crippen MR) is 97.5 cm³/mol. The van der Waals surface area contributed by atoms with Gasteiger partial charge in [-0.2, -0.15) is 0 Å². The van der Waals surface area contributed by atoms with Gasteiger partial charge in [0, 0.05) is 16.4 Å². The summed E-state index contributed by atoms with van der Waals surface area (Å²) in [5.74, 6) is 0.479. The number of carboxylic acids is 1. The molecule has 0 amide bonds. The molecular formula is C22H16O3. The first kappa shape index (κ1) is 15.2. The second kappa shape index (κ2) is 5.64. The van der Waals surface area contributed by atoms with Crippen molar-refractivity contribution in [2.45, 2.75) is 6.92 Å². The quantitative estimate of drug-likeness (QED) is 0.613. The summed E-state index contributed by atoms with van der Waals surface area (Å²) in [4.78, 5) is 11.7. The van der Waals surface area contributed by atoms with Crippen molar-refractivity contribution in [2.75, 3.05) is 0 Å². The first-order valence-corrected chi connectivity index (χ1v) is 7.99. The highest BCUT2D eigenvalue weighted by Gasteiger charge is 2.23. The summed E-state index contributed by atoms with van der Waals surface area (Å²) in [6, 6.07) is 18.8. The van der Waals surface area contributed by atoms with Gasteiger partial charge in [0.05, 0.1) is 5.56 Å². The third-order valence-corrected chi connectivity index (χ3v) is 4.37. The molecule has 3 nitrogen and oxygen atoms in total. The molecule has 4 rings (SSSR count).